The lowest BCUT2D eigenvalue weighted by atomic mass is 10.1. The number of hydrogen-bond donors (Lipinski definition) is 1. The average molecular weight is 419 g/mol. The number of esters is 1. The molecular weight excluding hydrogens is 402 g/mol. The van der Waals surface area contributed by atoms with E-state index in [1.165, 1.54) is 25.5 Å². The SMILES string of the molecule is COc1cccc(C(=O)Oc2ccc3cc(C(=O)NCc4ccco4)c(=O)oc3c2)c1. The smallest absolute Gasteiger partial charge is 0.349 e. The first-order valence-electron chi connectivity index (χ1n) is 9.28. The molecule has 0 aliphatic rings. The lowest BCUT2D eigenvalue weighted by molar-refractivity contribution is 0.0734. The van der Waals surface area contributed by atoms with Crippen molar-refractivity contribution >= 4 is 22.8 Å². The molecule has 2 aromatic carbocycles. The normalized spacial score (nSPS) is 10.6. The van der Waals surface area contributed by atoms with Crippen LogP contribution in [0.25, 0.3) is 11.0 Å². The van der Waals surface area contributed by atoms with E-state index in [0.717, 1.165) is 0 Å². The molecule has 1 N–H and O–H groups in total. The summed E-state index contributed by atoms with van der Waals surface area (Å²) in [6, 6.07) is 15.9. The van der Waals surface area contributed by atoms with Gasteiger partial charge in [-0.25, -0.2) is 9.59 Å². The van der Waals surface area contributed by atoms with E-state index in [-0.39, 0.29) is 23.4 Å². The fourth-order valence-electron chi connectivity index (χ4n) is 2.91. The standard InChI is InChI=1S/C23H17NO7/c1-28-16-5-2-4-15(10-16)22(26)30-17-8-7-14-11-19(23(27)31-20(14)12-17)21(25)24-13-18-6-3-9-29-18/h2-12H,13H2,1H3,(H,24,25). The molecule has 0 aliphatic heterocycles. The Labute approximate surface area is 176 Å². The van der Waals surface area contributed by atoms with Crippen LogP contribution in [0.15, 0.2) is 80.6 Å². The molecule has 4 rings (SSSR count). The molecule has 0 unspecified atom stereocenters. The van der Waals surface area contributed by atoms with Crippen LogP contribution in [0.2, 0.25) is 0 Å². The average Bonchev–Trinajstić information content (AvgIpc) is 3.30. The van der Waals surface area contributed by atoms with Crippen molar-refractivity contribution < 1.29 is 27.9 Å². The Kier molecular flexibility index (Phi) is 5.53. The minimum Gasteiger partial charge on any atom is -0.497 e. The van der Waals surface area contributed by atoms with Crippen molar-refractivity contribution in [1.82, 2.24) is 5.32 Å². The Morgan fingerprint density at radius 2 is 1.87 bits per heavy atom. The first-order valence-corrected chi connectivity index (χ1v) is 9.28. The summed E-state index contributed by atoms with van der Waals surface area (Å²) in [6.07, 6.45) is 1.49. The van der Waals surface area contributed by atoms with Crippen molar-refractivity contribution in [1.29, 1.82) is 0 Å². The van der Waals surface area contributed by atoms with Crippen molar-refractivity contribution in [3.05, 3.63) is 94.2 Å². The minimum absolute atomic E-state index is 0.139. The van der Waals surface area contributed by atoms with E-state index in [1.807, 2.05) is 0 Å². The number of methoxy groups -OCH3 is 1. The molecule has 8 nitrogen and oxygen atoms in total. The van der Waals surface area contributed by atoms with Gasteiger partial charge in [0.25, 0.3) is 5.91 Å². The number of furan rings is 1. The number of fused-ring (bicyclic) bond motifs is 1. The first kappa shape index (κ1) is 20.0. The minimum atomic E-state index is -0.805. The number of nitrogens with one attached hydrogen (secondary N) is 1. The molecule has 0 atom stereocenters. The maximum Gasteiger partial charge on any atom is 0.349 e. The second-order valence-electron chi connectivity index (χ2n) is 6.53. The lowest BCUT2D eigenvalue weighted by Gasteiger charge is -2.07. The molecule has 0 radical (unpaired) electrons. The van der Waals surface area contributed by atoms with Gasteiger partial charge in [-0.1, -0.05) is 6.07 Å². The Morgan fingerprint density at radius 1 is 1.00 bits per heavy atom. The predicted octanol–water partition coefficient (Wildman–Crippen LogP) is 3.54. The maximum atomic E-state index is 12.4. The van der Waals surface area contributed by atoms with Crippen LogP contribution in [0.5, 0.6) is 11.5 Å². The summed E-state index contributed by atoms with van der Waals surface area (Å²) in [5, 5.41) is 3.10. The van der Waals surface area contributed by atoms with Crippen LogP contribution in [0.1, 0.15) is 26.5 Å². The largest absolute Gasteiger partial charge is 0.497 e. The first-order chi connectivity index (χ1) is 15.0. The zero-order valence-electron chi connectivity index (χ0n) is 16.4. The molecule has 0 fully saturated rings. The highest BCUT2D eigenvalue weighted by Crippen LogP contribution is 2.22. The van der Waals surface area contributed by atoms with E-state index in [0.29, 0.717) is 22.5 Å². The highest BCUT2D eigenvalue weighted by Gasteiger charge is 2.15. The summed E-state index contributed by atoms with van der Waals surface area (Å²) in [6.45, 7) is 0.141. The van der Waals surface area contributed by atoms with E-state index in [9.17, 15) is 14.4 Å². The summed E-state index contributed by atoms with van der Waals surface area (Å²) in [7, 11) is 1.50. The summed E-state index contributed by atoms with van der Waals surface area (Å²) in [4.78, 5) is 37.0. The highest BCUT2D eigenvalue weighted by atomic mass is 16.5. The van der Waals surface area contributed by atoms with E-state index in [4.69, 9.17) is 18.3 Å². The van der Waals surface area contributed by atoms with Gasteiger partial charge in [0.1, 0.15) is 28.4 Å². The molecule has 0 spiro atoms. The second kappa shape index (κ2) is 8.58. The zero-order valence-corrected chi connectivity index (χ0v) is 16.4. The third-order valence-corrected chi connectivity index (χ3v) is 4.47. The van der Waals surface area contributed by atoms with Gasteiger partial charge in [0.15, 0.2) is 0 Å². The topological polar surface area (TPSA) is 108 Å². The molecule has 156 valence electrons. The Bertz CT molecular complexity index is 1310. The van der Waals surface area contributed by atoms with Gasteiger partial charge in [-0.15, -0.1) is 0 Å². The van der Waals surface area contributed by atoms with E-state index >= 15 is 0 Å². The van der Waals surface area contributed by atoms with Crippen molar-refractivity contribution in [3.8, 4) is 11.5 Å². The summed E-state index contributed by atoms with van der Waals surface area (Å²) >= 11 is 0. The van der Waals surface area contributed by atoms with Gasteiger partial charge >= 0.3 is 11.6 Å². The van der Waals surface area contributed by atoms with Gasteiger partial charge in [-0.3, -0.25) is 4.79 Å². The van der Waals surface area contributed by atoms with E-state index in [1.54, 1.807) is 48.5 Å². The monoisotopic (exact) mass is 419 g/mol. The molecule has 0 saturated heterocycles. The van der Waals surface area contributed by atoms with Crippen LogP contribution < -0.4 is 20.4 Å². The molecular formula is C23H17NO7. The number of rotatable bonds is 6. The molecule has 31 heavy (non-hydrogen) atoms. The fraction of sp³-hybridized carbons (Fsp3) is 0.0870. The van der Waals surface area contributed by atoms with Gasteiger partial charge in [0, 0.05) is 11.5 Å². The van der Waals surface area contributed by atoms with E-state index < -0.39 is 17.5 Å². The molecule has 8 heteroatoms. The highest BCUT2D eigenvalue weighted by molar-refractivity contribution is 5.97. The number of carbonyl (C=O) groups is 2. The molecule has 0 saturated carbocycles. The zero-order chi connectivity index (χ0) is 21.8. The number of ether oxygens (including phenoxy) is 2. The van der Waals surface area contributed by atoms with Crippen LogP contribution in [0.4, 0.5) is 0 Å². The van der Waals surface area contributed by atoms with Gasteiger partial charge in [0.05, 0.1) is 25.5 Å². The quantitative estimate of drug-likeness (QED) is 0.289. The molecule has 1 amide bonds. The Balaban J connectivity index is 1.53. The van der Waals surface area contributed by atoms with Crippen LogP contribution in [0.3, 0.4) is 0 Å². The van der Waals surface area contributed by atoms with Crippen molar-refractivity contribution in [3.63, 3.8) is 0 Å². The van der Waals surface area contributed by atoms with Crippen molar-refractivity contribution in [2.45, 2.75) is 6.54 Å². The van der Waals surface area contributed by atoms with Crippen LogP contribution >= 0.6 is 0 Å². The van der Waals surface area contributed by atoms with E-state index in [2.05, 4.69) is 5.32 Å². The third kappa shape index (κ3) is 4.48. The second-order valence-corrected chi connectivity index (χ2v) is 6.53. The van der Waals surface area contributed by atoms with Gasteiger partial charge in [0.2, 0.25) is 0 Å². The third-order valence-electron chi connectivity index (χ3n) is 4.47. The number of benzene rings is 2. The summed E-state index contributed by atoms with van der Waals surface area (Å²) < 4.78 is 20.9. The molecule has 2 aromatic heterocycles. The maximum absolute atomic E-state index is 12.4. The van der Waals surface area contributed by atoms with Gasteiger partial charge < -0.3 is 23.6 Å². The number of amides is 1. The molecule has 0 aliphatic carbocycles. The van der Waals surface area contributed by atoms with Crippen molar-refractivity contribution in [2.75, 3.05) is 7.11 Å². The summed E-state index contributed by atoms with van der Waals surface area (Å²) in [5.74, 6) is 0.103. The van der Waals surface area contributed by atoms with Crippen LogP contribution in [-0.4, -0.2) is 19.0 Å². The number of hydrogen-bond acceptors (Lipinski definition) is 7. The van der Waals surface area contributed by atoms with Crippen LogP contribution in [-0.2, 0) is 6.54 Å². The molecule has 4 aromatic rings. The van der Waals surface area contributed by atoms with Crippen molar-refractivity contribution in [2.24, 2.45) is 0 Å². The Hall–Kier alpha value is -4.33. The fourth-order valence-corrected chi connectivity index (χ4v) is 2.91. The summed E-state index contributed by atoms with van der Waals surface area (Å²) in [5.41, 5.74) is -0.450. The van der Waals surface area contributed by atoms with Crippen LogP contribution in [0, 0.1) is 0 Å². The van der Waals surface area contributed by atoms with Gasteiger partial charge in [-0.05, 0) is 48.5 Å². The molecule has 2 heterocycles. The number of carbonyl (C=O) groups excluding carboxylic acids is 2. The Morgan fingerprint density at radius 3 is 2.65 bits per heavy atom. The molecule has 0 bridgehead atoms. The lowest BCUT2D eigenvalue weighted by Crippen LogP contribution is -2.27. The predicted molar refractivity (Wildman–Crippen MR) is 110 cm³/mol. The van der Waals surface area contributed by atoms with Gasteiger partial charge in [-0.2, -0.15) is 0 Å².